The van der Waals surface area contributed by atoms with Crippen molar-refractivity contribution in [3.63, 3.8) is 0 Å². The van der Waals surface area contributed by atoms with Gasteiger partial charge in [0.2, 0.25) is 0 Å². The molecule has 392 valence electrons. The summed E-state index contributed by atoms with van der Waals surface area (Å²) in [5, 5.41) is 1.40. The molecule has 6 heterocycles. The molecule has 6 aromatic heterocycles. The fourth-order valence-electron chi connectivity index (χ4n) is 5.43. The fourth-order valence-corrected chi connectivity index (χ4v) is 5.43. The summed E-state index contributed by atoms with van der Waals surface area (Å²) in [6.45, 7) is 7.12. The Bertz CT molecular complexity index is 2770. The van der Waals surface area contributed by atoms with Gasteiger partial charge in [-0.25, -0.2) is 19.6 Å². The number of Topliss-reactive ketones (excluding diaryl/α,β-unsaturated/α-hetero) is 1. The molecule has 2 aromatic carbocycles. The van der Waals surface area contributed by atoms with Crippen molar-refractivity contribution >= 4 is 55.1 Å². The van der Waals surface area contributed by atoms with E-state index in [4.69, 9.17) is 9.47 Å². The summed E-state index contributed by atoms with van der Waals surface area (Å²) in [6, 6.07) is 41.2. The molecule has 0 fully saturated rings. The van der Waals surface area contributed by atoms with Crippen LogP contribution in [0.15, 0.2) is 158 Å². The van der Waals surface area contributed by atoms with Gasteiger partial charge in [-0.15, -0.1) is 0 Å². The van der Waals surface area contributed by atoms with E-state index < -0.39 is 27.6 Å². The Balaban J connectivity index is 0.000000350. The van der Waals surface area contributed by atoms with Crippen LogP contribution in [0.4, 0.5) is 50.4 Å². The summed E-state index contributed by atoms with van der Waals surface area (Å²) in [7, 11) is -21.3. The number of hydrogen-bond acceptors (Lipinski definition) is 11. The molecule has 0 amide bonds. The number of ether oxygens (including phenoxy) is 2. The summed E-state index contributed by atoms with van der Waals surface area (Å²) in [5.74, 6) is -0.687. The zero-order valence-corrected chi connectivity index (χ0v) is 42.8. The molecule has 0 atom stereocenters. The Morgan fingerprint density at radius 2 is 0.644 bits per heavy atom. The van der Waals surface area contributed by atoms with Crippen LogP contribution >= 0.6 is 15.6 Å². The molecule has 0 saturated heterocycles. The largest absolute Gasteiger partial charge is 2.00 e. The van der Waals surface area contributed by atoms with Crippen LogP contribution in [0, 0.1) is 0 Å². The Labute approximate surface area is 422 Å². The Kier molecular flexibility index (Phi) is 21.1. The van der Waals surface area contributed by atoms with Gasteiger partial charge in [-0.1, -0.05) is 60.7 Å². The Morgan fingerprint density at radius 3 is 0.863 bits per heavy atom. The minimum absolute atomic E-state index is 0. The number of esters is 2. The Hall–Kier alpha value is -6.87. The zero-order chi connectivity index (χ0) is 53.9. The van der Waals surface area contributed by atoms with E-state index in [9.17, 15) is 64.7 Å². The van der Waals surface area contributed by atoms with Crippen molar-refractivity contribution in [2.75, 3.05) is 13.2 Å². The van der Waals surface area contributed by atoms with Gasteiger partial charge in [0, 0.05) is 35.6 Å². The van der Waals surface area contributed by atoms with E-state index in [0.717, 1.165) is 22.8 Å². The van der Waals surface area contributed by atoms with Gasteiger partial charge in [0.15, 0.2) is 0 Å². The van der Waals surface area contributed by atoms with E-state index in [1.54, 1.807) is 50.8 Å². The molecule has 0 aliphatic rings. The van der Waals surface area contributed by atoms with Crippen molar-refractivity contribution < 1.29 is 94.0 Å². The first-order valence-electron chi connectivity index (χ1n) is 20.6. The van der Waals surface area contributed by atoms with E-state index in [1.165, 1.54) is 13.8 Å². The normalized spacial score (nSPS) is 12.4. The maximum atomic E-state index is 12.6. The average Bonchev–Trinajstić information content (AvgIpc) is 3.30. The van der Waals surface area contributed by atoms with E-state index in [1.807, 2.05) is 121 Å². The maximum Gasteiger partial charge on any atom is 2.00 e. The number of carbonyl (C=O) groups excluding carboxylic acids is 3. The van der Waals surface area contributed by atoms with Crippen LogP contribution in [0.1, 0.15) is 48.4 Å². The first kappa shape index (κ1) is 62.2. The number of ketones is 1. The predicted molar refractivity (Wildman–Crippen MR) is 253 cm³/mol. The first-order valence-corrected chi connectivity index (χ1v) is 24.6. The van der Waals surface area contributed by atoms with E-state index >= 15 is 0 Å². The van der Waals surface area contributed by atoms with Crippen LogP contribution in [-0.2, 0) is 34.1 Å². The second-order valence-corrected chi connectivity index (χ2v) is 18.1. The van der Waals surface area contributed by atoms with Crippen molar-refractivity contribution in [2.24, 2.45) is 0 Å². The Morgan fingerprint density at radius 1 is 0.411 bits per heavy atom. The minimum Gasteiger partial charge on any atom is -0.255 e. The molecule has 8 aromatic rings. The fraction of sp³-hybridized carbons (Fsp3) is 0.128. The van der Waals surface area contributed by atoms with E-state index in [-0.39, 0.29) is 38.8 Å². The topological polar surface area (TPSA) is 147 Å². The molecule has 11 nitrogen and oxygen atoms in total. The summed E-state index contributed by atoms with van der Waals surface area (Å²) in [5.41, 5.74) is 6.72. The van der Waals surface area contributed by atoms with Crippen molar-refractivity contribution in [1.29, 1.82) is 0 Å². The maximum absolute atomic E-state index is 12.6. The van der Waals surface area contributed by atoms with Crippen LogP contribution < -0.4 is 0 Å². The molecular weight excluding hydrogens is 1210 g/mol. The second kappa shape index (κ2) is 24.7. The third-order valence-electron chi connectivity index (χ3n) is 7.87. The van der Waals surface area contributed by atoms with Gasteiger partial charge < -0.3 is 14.3 Å². The van der Waals surface area contributed by atoms with Gasteiger partial charge in [-0.3, -0.25) is 19.9 Å². The molecule has 8 rings (SSSR count). The molecule has 0 aliphatic carbocycles. The van der Waals surface area contributed by atoms with Crippen molar-refractivity contribution in [1.82, 2.24) is 29.9 Å². The predicted octanol–water partition coefficient (Wildman–Crippen LogP) is 16.4. The van der Waals surface area contributed by atoms with Gasteiger partial charge in [0.05, 0.1) is 69.5 Å². The number of nitrogens with zero attached hydrogens (tertiary/aromatic N) is 6. The molecule has 0 radical (unpaired) electrons. The standard InChI is InChI=1S/C24H20N2O4.2C10H8N2.C3H6O.2F6P.Os/c1-3-29-23(27)17-13-21(25-19-11-7-5-9-15(17)19)22-14-18(24(28)30-4-2)16-10-6-8-12-20(16)26-22;2*1-3-7-11-9(5-1)10-6-2-4-8-12-10;1-3(2)4;2*1-7(2,3,4,5)6;/h5-14H,3-4H2,1-2H3;2*1-8H;1-2H3;;;/q;;;;2*-1;+2. The molecule has 73 heavy (non-hydrogen) atoms. The SMILES string of the molecule is CC(C)=O.CCOC(=O)c1cc(-c2cc(C(=O)OCC)c3ccccc3n2)nc2ccccc12.F[P-](F)(F)(F)(F)F.F[P-](F)(F)(F)(F)F.[Os+2].c1ccc(-c2ccccn2)nc1.c1ccc(-c2ccccn2)nc1. The molecular formula is C47H42F12N6O5OsP2. The minimum atomic E-state index is -10.7. The number of carbonyl (C=O) groups is 3. The van der Waals surface area contributed by atoms with Crippen LogP contribution in [0.5, 0.6) is 0 Å². The number of hydrogen-bond donors (Lipinski definition) is 0. The van der Waals surface area contributed by atoms with Crippen molar-refractivity contribution in [3.8, 4) is 34.2 Å². The molecule has 0 spiro atoms. The third kappa shape index (κ3) is 27.5. The summed E-state index contributed by atoms with van der Waals surface area (Å²) >= 11 is 0. The van der Waals surface area contributed by atoms with Crippen LogP contribution in [0.3, 0.4) is 0 Å². The van der Waals surface area contributed by atoms with Crippen LogP contribution in [0.2, 0.25) is 0 Å². The smallest absolute Gasteiger partial charge is 0.255 e. The molecule has 0 saturated carbocycles. The number of fused-ring (bicyclic) bond motifs is 2. The van der Waals surface area contributed by atoms with Crippen molar-refractivity contribution in [2.45, 2.75) is 27.7 Å². The number of para-hydroxylation sites is 2. The van der Waals surface area contributed by atoms with Gasteiger partial charge in [-0.05, 0) is 100 Å². The quantitative estimate of drug-likeness (QED) is 0.0853. The first-order chi connectivity index (χ1) is 33.2. The molecule has 0 bridgehead atoms. The van der Waals surface area contributed by atoms with Crippen molar-refractivity contribution in [3.05, 3.63) is 169 Å². The van der Waals surface area contributed by atoms with Crippen LogP contribution in [-0.4, -0.2) is 60.8 Å². The summed E-state index contributed by atoms with van der Waals surface area (Å²) in [6.07, 6.45) is 7.07. The monoisotopic (exact) mass is 1250 g/mol. The van der Waals surface area contributed by atoms with Gasteiger partial charge in [0.25, 0.3) is 0 Å². The average molecular weight is 1250 g/mol. The molecule has 0 unspecified atom stereocenters. The third-order valence-corrected chi connectivity index (χ3v) is 7.87. The number of pyridine rings is 6. The van der Waals surface area contributed by atoms with Gasteiger partial charge >= 0.3 is 97.7 Å². The number of benzene rings is 2. The summed E-state index contributed by atoms with van der Waals surface area (Å²) < 4.78 is 129. The number of rotatable bonds is 7. The number of aromatic nitrogens is 6. The van der Waals surface area contributed by atoms with E-state index in [0.29, 0.717) is 44.3 Å². The van der Waals surface area contributed by atoms with E-state index in [2.05, 4.69) is 29.9 Å². The summed E-state index contributed by atoms with van der Waals surface area (Å²) in [4.78, 5) is 60.7. The molecule has 26 heteroatoms. The second-order valence-electron chi connectivity index (χ2n) is 14.3. The van der Waals surface area contributed by atoms with Gasteiger partial charge in [0.1, 0.15) is 5.78 Å². The van der Waals surface area contributed by atoms with Crippen LogP contribution in [0.25, 0.3) is 56.0 Å². The number of halogens is 12. The molecule has 0 N–H and O–H groups in total. The molecule has 0 aliphatic heterocycles. The zero-order valence-electron chi connectivity index (χ0n) is 38.4. The van der Waals surface area contributed by atoms with Gasteiger partial charge in [-0.2, -0.15) is 0 Å².